The molecular formula is C20H22FN3O4. The van der Waals surface area contributed by atoms with Crippen LogP contribution >= 0.6 is 0 Å². The Kier molecular flexibility index (Phi) is 4.36. The van der Waals surface area contributed by atoms with Gasteiger partial charge in [0.05, 0.1) is 11.2 Å². The van der Waals surface area contributed by atoms with Gasteiger partial charge in [0, 0.05) is 42.2 Å². The SMILES string of the molecule is CC1CCc2c(N3CCC(C(N)=O)CC3)c(F)cc3c(=O)c(C(=O)O)cn1c23. The van der Waals surface area contributed by atoms with Crippen LogP contribution in [0.1, 0.15) is 48.1 Å². The molecule has 0 bridgehead atoms. The summed E-state index contributed by atoms with van der Waals surface area (Å²) >= 11 is 0. The number of rotatable bonds is 3. The molecule has 148 valence electrons. The average molecular weight is 387 g/mol. The summed E-state index contributed by atoms with van der Waals surface area (Å²) in [6.07, 6.45) is 3.83. The van der Waals surface area contributed by atoms with Gasteiger partial charge in [0.2, 0.25) is 11.3 Å². The molecule has 0 spiro atoms. The van der Waals surface area contributed by atoms with E-state index < -0.39 is 17.2 Å². The normalized spacial score (nSPS) is 19.8. The van der Waals surface area contributed by atoms with E-state index in [2.05, 4.69) is 0 Å². The number of hydrogen-bond acceptors (Lipinski definition) is 4. The number of primary amides is 1. The minimum atomic E-state index is -1.31. The van der Waals surface area contributed by atoms with Crippen LogP contribution in [-0.2, 0) is 11.2 Å². The number of aryl methyl sites for hydroxylation is 1. The molecule has 3 heterocycles. The minimum absolute atomic E-state index is 0.00705. The van der Waals surface area contributed by atoms with Gasteiger partial charge in [-0.25, -0.2) is 9.18 Å². The van der Waals surface area contributed by atoms with Gasteiger partial charge >= 0.3 is 5.97 Å². The van der Waals surface area contributed by atoms with Crippen LogP contribution in [0.3, 0.4) is 0 Å². The van der Waals surface area contributed by atoms with Gasteiger partial charge in [-0.3, -0.25) is 9.59 Å². The van der Waals surface area contributed by atoms with E-state index >= 15 is 4.39 Å². The molecule has 28 heavy (non-hydrogen) atoms. The van der Waals surface area contributed by atoms with Crippen LogP contribution < -0.4 is 16.1 Å². The number of amides is 1. The van der Waals surface area contributed by atoms with Gasteiger partial charge in [0.15, 0.2) is 0 Å². The lowest BCUT2D eigenvalue weighted by Crippen LogP contribution is -2.39. The number of benzene rings is 1. The van der Waals surface area contributed by atoms with Crippen molar-refractivity contribution < 1.29 is 19.1 Å². The smallest absolute Gasteiger partial charge is 0.341 e. The summed E-state index contributed by atoms with van der Waals surface area (Å²) in [7, 11) is 0. The molecule has 1 unspecified atom stereocenters. The van der Waals surface area contributed by atoms with Crippen molar-refractivity contribution in [2.24, 2.45) is 11.7 Å². The number of aromatic carboxylic acids is 1. The highest BCUT2D eigenvalue weighted by Gasteiger charge is 2.31. The molecule has 1 amide bonds. The molecule has 1 atom stereocenters. The number of anilines is 1. The predicted molar refractivity (Wildman–Crippen MR) is 102 cm³/mol. The molecule has 4 rings (SSSR count). The van der Waals surface area contributed by atoms with Crippen molar-refractivity contribution >= 4 is 28.5 Å². The van der Waals surface area contributed by atoms with Crippen molar-refractivity contribution in [3.8, 4) is 0 Å². The molecule has 2 aliphatic heterocycles. The number of carbonyl (C=O) groups excluding carboxylic acids is 1. The maximum Gasteiger partial charge on any atom is 0.341 e. The van der Waals surface area contributed by atoms with Crippen molar-refractivity contribution in [2.75, 3.05) is 18.0 Å². The summed E-state index contributed by atoms with van der Waals surface area (Å²) in [5.41, 5.74) is 6.19. The van der Waals surface area contributed by atoms with Crippen LogP contribution in [0.2, 0.25) is 0 Å². The number of hydrogen-bond donors (Lipinski definition) is 2. The van der Waals surface area contributed by atoms with Crippen molar-refractivity contribution in [3.63, 3.8) is 0 Å². The molecule has 3 N–H and O–H groups in total. The second kappa shape index (κ2) is 6.61. The number of nitrogens with zero attached hydrogens (tertiary/aromatic N) is 2. The molecule has 1 saturated heterocycles. The zero-order valence-electron chi connectivity index (χ0n) is 15.6. The maximum atomic E-state index is 15.1. The summed E-state index contributed by atoms with van der Waals surface area (Å²) in [6, 6.07) is 1.17. The summed E-state index contributed by atoms with van der Waals surface area (Å²) in [5, 5.41) is 9.47. The molecule has 0 radical (unpaired) electrons. The fourth-order valence-electron chi connectivity index (χ4n) is 4.52. The van der Waals surface area contributed by atoms with E-state index in [4.69, 9.17) is 5.73 Å². The number of carboxylic acid groups (broad SMARTS) is 1. The summed E-state index contributed by atoms with van der Waals surface area (Å²) < 4.78 is 16.9. The highest BCUT2D eigenvalue weighted by Crippen LogP contribution is 2.39. The molecule has 1 fully saturated rings. The Morgan fingerprint density at radius 2 is 1.93 bits per heavy atom. The molecule has 8 heteroatoms. The largest absolute Gasteiger partial charge is 0.477 e. The van der Waals surface area contributed by atoms with Crippen molar-refractivity contribution in [2.45, 2.75) is 38.6 Å². The Hall–Kier alpha value is -2.90. The minimum Gasteiger partial charge on any atom is -0.477 e. The molecule has 2 aliphatic rings. The van der Waals surface area contributed by atoms with Gasteiger partial charge in [-0.15, -0.1) is 0 Å². The first-order chi connectivity index (χ1) is 13.3. The van der Waals surface area contributed by atoms with Crippen molar-refractivity contribution in [3.05, 3.63) is 39.4 Å². The van der Waals surface area contributed by atoms with E-state index in [0.717, 1.165) is 18.1 Å². The van der Waals surface area contributed by atoms with Crippen LogP contribution in [0, 0.1) is 11.7 Å². The first-order valence-electron chi connectivity index (χ1n) is 9.47. The van der Waals surface area contributed by atoms with E-state index in [1.54, 1.807) is 4.57 Å². The van der Waals surface area contributed by atoms with Gasteiger partial charge in [-0.2, -0.15) is 0 Å². The van der Waals surface area contributed by atoms with E-state index in [0.29, 0.717) is 43.6 Å². The van der Waals surface area contributed by atoms with E-state index in [-0.39, 0.29) is 28.8 Å². The number of nitrogens with two attached hydrogens (primary N) is 1. The zero-order valence-corrected chi connectivity index (χ0v) is 15.6. The monoisotopic (exact) mass is 387 g/mol. The quantitative estimate of drug-likeness (QED) is 0.839. The Morgan fingerprint density at radius 1 is 1.25 bits per heavy atom. The lowest BCUT2D eigenvalue weighted by atomic mass is 9.91. The first-order valence-corrected chi connectivity index (χ1v) is 9.47. The topological polar surface area (TPSA) is 106 Å². The zero-order chi connectivity index (χ0) is 20.2. The third kappa shape index (κ3) is 2.75. The Bertz CT molecular complexity index is 1050. The van der Waals surface area contributed by atoms with Gasteiger partial charge < -0.3 is 20.3 Å². The third-order valence-corrected chi connectivity index (χ3v) is 6.07. The van der Waals surface area contributed by atoms with Gasteiger partial charge in [-0.05, 0) is 38.7 Å². The van der Waals surface area contributed by atoms with Gasteiger partial charge in [0.25, 0.3) is 0 Å². The molecule has 2 aromatic rings. The fraction of sp³-hybridized carbons (Fsp3) is 0.450. The van der Waals surface area contributed by atoms with Crippen molar-refractivity contribution in [1.82, 2.24) is 4.57 Å². The summed E-state index contributed by atoms with van der Waals surface area (Å²) in [6.45, 7) is 2.98. The molecule has 7 nitrogen and oxygen atoms in total. The van der Waals surface area contributed by atoms with Crippen molar-refractivity contribution in [1.29, 1.82) is 0 Å². The highest BCUT2D eigenvalue weighted by molar-refractivity contribution is 5.95. The highest BCUT2D eigenvalue weighted by atomic mass is 19.1. The average Bonchev–Trinajstić information content (AvgIpc) is 2.65. The fourth-order valence-corrected chi connectivity index (χ4v) is 4.52. The predicted octanol–water partition coefficient (Wildman–Crippen LogP) is 2.05. The maximum absolute atomic E-state index is 15.1. The number of piperidine rings is 1. The number of carboxylic acids is 1. The second-order valence-electron chi connectivity index (χ2n) is 7.72. The van der Waals surface area contributed by atoms with Crippen LogP contribution in [0.5, 0.6) is 0 Å². The first kappa shape index (κ1) is 18.5. The molecule has 0 saturated carbocycles. The van der Waals surface area contributed by atoms with Crippen LogP contribution in [-0.4, -0.2) is 34.6 Å². The van der Waals surface area contributed by atoms with E-state index in [1.165, 1.54) is 6.20 Å². The number of halogens is 1. The van der Waals surface area contributed by atoms with E-state index in [1.807, 2.05) is 11.8 Å². The summed E-state index contributed by atoms with van der Waals surface area (Å²) in [4.78, 5) is 37.5. The van der Waals surface area contributed by atoms with Crippen LogP contribution in [0.15, 0.2) is 17.1 Å². The van der Waals surface area contributed by atoms with Crippen LogP contribution in [0.4, 0.5) is 10.1 Å². The van der Waals surface area contributed by atoms with E-state index in [9.17, 15) is 19.5 Å². The lowest BCUT2D eigenvalue weighted by Gasteiger charge is -2.36. The third-order valence-electron chi connectivity index (χ3n) is 6.07. The Morgan fingerprint density at radius 3 is 2.54 bits per heavy atom. The molecular weight excluding hydrogens is 365 g/mol. The number of aromatic nitrogens is 1. The van der Waals surface area contributed by atoms with Gasteiger partial charge in [0.1, 0.15) is 11.4 Å². The Balaban J connectivity index is 1.90. The Labute approximate surface area is 160 Å². The number of pyridine rings is 1. The lowest BCUT2D eigenvalue weighted by molar-refractivity contribution is -0.122. The molecule has 1 aromatic heterocycles. The second-order valence-corrected chi connectivity index (χ2v) is 7.72. The molecule has 1 aromatic carbocycles. The standard InChI is InChI=1S/C20H22FN3O4/c1-10-2-3-12-16-13(18(25)14(20(27)28)9-24(10)16)8-15(21)17(12)23-6-4-11(5-7-23)19(22)26/h8-11H,2-7H2,1H3,(H2,22,26)(H,27,28). The molecule has 0 aliphatic carbocycles. The van der Waals surface area contributed by atoms with Crippen LogP contribution in [0.25, 0.3) is 10.9 Å². The van der Waals surface area contributed by atoms with Gasteiger partial charge in [-0.1, -0.05) is 0 Å². The summed E-state index contributed by atoms with van der Waals surface area (Å²) in [5.74, 6) is -2.37. The number of carbonyl (C=O) groups is 2.